The highest BCUT2D eigenvalue weighted by Gasteiger charge is 2.05. The average Bonchev–Trinajstić information content (AvgIpc) is 2.37. The van der Waals surface area contributed by atoms with Gasteiger partial charge < -0.3 is 11.1 Å². The van der Waals surface area contributed by atoms with Gasteiger partial charge >= 0.3 is 0 Å². The molecule has 0 aliphatic rings. The fraction of sp³-hybridized carbons (Fsp3) is 0.0714. The molecule has 0 saturated carbocycles. The third kappa shape index (κ3) is 2.39. The Kier molecular flexibility index (Phi) is 3.40. The fourth-order valence-electron chi connectivity index (χ4n) is 1.62. The van der Waals surface area contributed by atoms with Crippen molar-refractivity contribution < 1.29 is 0 Å². The molecular weight excluding hydrogens is 246 g/mol. The predicted octanol–water partition coefficient (Wildman–Crippen LogP) is 3.85. The van der Waals surface area contributed by atoms with Crippen LogP contribution in [0, 0.1) is 18.3 Å². The maximum atomic E-state index is 8.78. The SMILES string of the molecule is Cc1c(N)cccc1Nc1ccc(C#N)cc1Cl. The molecule has 3 N–H and O–H groups in total. The highest BCUT2D eigenvalue weighted by molar-refractivity contribution is 6.33. The van der Waals surface area contributed by atoms with Crippen LogP contribution in [0.15, 0.2) is 36.4 Å². The third-order valence-corrected chi connectivity index (χ3v) is 3.06. The number of nitrogen functional groups attached to an aromatic ring is 1. The number of anilines is 3. The number of hydrogen-bond donors (Lipinski definition) is 2. The minimum atomic E-state index is 0.510. The first kappa shape index (κ1) is 12.3. The summed E-state index contributed by atoms with van der Waals surface area (Å²) in [5.41, 5.74) is 9.73. The zero-order valence-corrected chi connectivity index (χ0v) is 10.6. The lowest BCUT2D eigenvalue weighted by Gasteiger charge is -2.12. The summed E-state index contributed by atoms with van der Waals surface area (Å²) in [5.74, 6) is 0. The Labute approximate surface area is 111 Å². The largest absolute Gasteiger partial charge is 0.398 e. The van der Waals surface area contributed by atoms with Crippen molar-refractivity contribution in [2.75, 3.05) is 11.1 Å². The number of nitrogens with zero attached hydrogens (tertiary/aromatic N) is 1. The van der Waals surface area contributed by atoms with Crippen LogP contribution in [0.5, 0.6) is 0 Å². The quantitative estimate of drug-likeness (QED) is 0.804. The van der Waals surface area contributed by atoms with Crippen molar-refractivity contribution in [2.24, 2.45) is 0 Å². The predicted molar refractivity (Wildman–Crippen MR) is 75.0 cm³/mol. The monoisotopic (exact) mass is 257 g/mol. The highest BCUT2D eigenvalue weighted by atomic mass is 35.5. The van der Waals surface area contributed by atoms with E-state index in [0.717, 1.165) is 22.6 Å². The number of rotatable bonds is 2. The lowest BCUT2D eigenvalue weighted by Crippen LogP contribution is -1.97. The molecule has 0 amide bonds. The van der Waals surface area contributed by atoms with E-state index >= 15 is 0 Å². The van der Waals surface area contributed by atoms with E-state index in [-0.39, 0.29) is 0 Å². The second kappa shape index (κ2) is 4.99. The van der Waals surface area contributed by atoms with Gasteiger partial charge in [0, 0.05) is 11.4 Å². The molecule has 0 saturated heterocycles. The molecule has 2 aromatic rings. The summed E-state index contributed by atoms with van der Waals surface area (Å²) in [7, 11) is 0. The summed E-state index contributed by atoms with van der Waals surface area (Å²) in [6.45, 7) is 1.94. The van der Waals surface area contributed by atoms with E-state index in [1.807, 2.05) is 31.2 Å². The van der Waals surface area contributed by atoms with Crippen molar-refractivity contribution in [1.82, 2.24) is 0 Å². The topological polar surface area (TPSA) is 61.8 Å². The average molecular weight is 258 g/mol. The normalized spacial score (nSPS) is 9.83. The lowest BCUT2D eigenvalue weighted by atomic mass is 10.1. The van der Waals surface area contributed by atoms with E-state index in [1.165, 1.54) is 0 Å². The van der Waals surface area contributed by atoms with E-state index in [9.17, 15) is 0 Å². The van der Waals surface area contributed by atoms with Crippen LogP contribution in [0.1, 0.15) is 11.1 Å². The van der Waals surface area contributed by atoms with Crippen LogP contribution in [-0.4, -0.2) is 0 Å². The van der Waals surface area contributed by atoms with Crippen molar-refractivity contribution in [3.05, 3.63) is 52.5 Å². The first-order chi connectivity index (χ1) is 8.61. The zero-order chi connectivity index (χ0) is 13.1. The summed E-state index contributed by atoms with van der Waals surface area (Å²) in [6.07, 6.45) is 0. The van der Waals surface area contributed by atoms with Crippen molar-refractivity contribution in [3.8, 4) is 6.07 Å². The van der Waals surface area contributed by atoms with Gasteiger partial charge in [-0.2, -0.15) is 5.26 Å². The van der Waals surface area contributed by atoms with Crippen molar-refractivity contribution in [1.29, 1.82) is 5.26 Å². The van der Waals surface area contributed by atoms with Crippen LogP contribution < -0.4 is 11.1 Å². The van der Waals surface area contributed by atoms with E-state index in [2.05, 4.69) is 5.32 Å². The summed E-state index contributed by atoms with van der Waals surface area (Å²) >= 11 is 6.11. The Morgan fingerprint density at radius 1 is 1.22 bits per heavy atom. The molecule has 18 heavy (non-hydrogen) atoms. The van der Waals surface area contributed by atoms with E-state index in [0.29, 0.717) is 10.6 Å². The Morgan fingerprint density at radius 2 is 2.00 bits per heavy atom. The van der Waals surface area contributed by atoms with Gasteiger partial charge in [-0.05, 0) is 42.8 Å². The van der Waals surface area contributed by atoms with Crippen molar-refractivity contribution >= 4 is 28.7 Å². The van der Waals surface area contributed by atoms with Gasteiger partial charge in [0.2, 0.25) is 0 Å². The molecule has 0 heterocycles. The van der Waals surface area contributed by atoms with Crippen LogP contribution in [0.2, 0.25) is 5.02 Å². The molecule has 0 aromatic heterocycles. The highest BCUT2D eigenvalue weighted by Crippen LogP contribution is 2.29. The first-order valence-electron chi connectivity index (χ1n) is 5.43. The number of nitriles is 1. The molecule has 0 bridgehead atoms. The van der Waals surface area contributed by atoms with Gasteiger partial charge in [0.05, 0.1) is 22.3 Å². The van der Waals surface area contributed by atoms with Gasteiger partial charge in [0.15, 0.2) is 0 Å². The summed E-state index contributed by atoms with van der Waals surface area (Å²) < 4.78 is 0. The molecule has 0 spiro atoms. The molecule has 4 heteroatoms. The molecule has 0 fully saturated rings. The molecule has 0 aliphatic carbocycles. The standard InChI is InChI=1S/C14H12ClN3/c1-9-12(17)3-2-4-13(9)18-14-6-5-10(8-16)7-11(14)15/h2-7,18H,17H2,1H3. The maximum absolute atomic E-state index is 8.78. The van der Waals surface area contributed by atoms with Gasteiger partial charge in [0.1, 0.15) is 0 Å². The fourth-order valence-corrected chi connectivity index (χ4v) is 1.85. The van der Waals surface area contributed by atoms with Crippen LogP contribution in [0.3, 0.4) is 0 Å². The number of hydrogen-bond acceptors (Lipinski definition) is 3. The van der Waals surface area contributed by atoms with Crippen LogP contribution in [0.25, 0.3) is 0 Å². The number of nitrogens with two attached hydrogens (primary N) is 1. The van der Waals surface area contributed by atoms with E-state index in [1.54, 1.807) is 18.2 Å². The van der Waals surface area contributed by atoms with Gasteiger partial charge in [0.25, 0.3) is 0 Å². The Morgan fingerprint density at radius 3 is 2.67 bits per heavy atom. The molecule has 90 valence electrons. The van der Waals surface area contributed by atoms with Gasteiger partial charge in [-0.15, -0.1) is 0 Å². The smallest absolute Gasteiger partial charge is 0.0992 e. The Balaban J connectivity index is 2.35. The second-order valence-corrected chi connectivity index (χ2v) is 4.36. The molecule has 2 rings (SSSR count). The molecule has 2 aromatic carbocycles. The minimum absolute atomic E-state index is 0.510. The molecule has 0 radical (unpaired) electrons. The lowest BCUT2D eigenvalue weighted by molar-refractivity contribution is 1.42. The molecular formula is C14H12ClN3. The molecule has 3 nitrogen and oxygen atoms in total. The van der Waals surface area contributed by atoms with Crippen LogP contribution in [-0.2, 0) is 0 Å². The number of nitrogens with one attached hydrogen (secondary N) is 1. The zero-order valence-electron chi connectivity index (χ0n) is 9.87. The summed E-state index contributed by atoms with van der Waals surface area (Å²) in [4.78, 5) is 0. The molecule has 0 atom stereocenters. The summed E-state index contributed by atoms with van der Waals surface area (Å²) in [5, 5.41) is 12.5. The Hall–Kier alpha value is -2.18. The maximum Gasteiger partial charge on any atom is 0.0992 e. The summed E-state index contributed by atoms with van der Waals surface area (Å²) in [6, 6.07) is 12.8. The second-order valence-electron chi connectivity index (χ2n) is 3.95. The van der Waals surface area contributed by atoms with Crippen LogP contribution in [0.4, 0.5) is 17.1 Å². The van der Waals surface area contributed by atoms with Crippen molar-refractivity contribution in [2.45, 2.75) is 6.92 Å². The number of halogens is 1. The van der Waals surface area contributed by atoms with E-state index < -0.39 is 0 Å². The molecule has 0 unspecified atom stereocenters. The van der Waals surface area contributed by atoms with Crippen LogP contribution >= 0.6 is 11.6 Å². The Bertz CT molecular complexity index is 629. The van der Waals surface area contributed by atoms with Gasteiger partial charge in [-0.3, -0.25) is 0 Å². The van der Waals surface area contributed by atoms with Crippen molar-refractivity contribution in [3.63, 3.8) is 0 Å². The minimum Gasteiger partial charge on any atom is -0.398 e. The number of benzene rings is 2. The van der Waals surface area contributed by atoms with Gasteiger partial charge in [-0.1, -0.05) is 17.7 Å². The molecule has 0 aliphatic heterocycles. The van der Waals surface area contributed by atoms with E-state index in [4.69, 9.17) is 22.6 Å². The van der Waals surface area contributed by atoms with Gasteiger partial charge in [-0.25, -0.2) is 0 Å². The first-order valence-corrected chi connectivity index (χ1v) is 5.81. The third-order valence-electron chi connectivity index (χ3n) is 2.74.